The van der Waals surface area contributed by atoms with E-state index in [9.17, 15) is 13.6 Å². The third-order valence-electron chi connectivity index (χ3n) is 3.53. The summed E-state index contributed by atoms with van der Waals surface area (Å²) in [4.78, 5) is 12.0. The Morgan fingerprint density at radius 2 is 1.88 bits per heavy atom. The molecule has 0 radical (unpaired) electrons. The number of nitrogens with one attached hydrogen (secondary N) is 1. The number of methoxy groups -OCH3 is 1. The standard InChI is InChI=1S/C18H14F2N2O3/c1-24-13-5-2-4-11(8-13)16-9-12(22-25-16)10-21-18(23)17-14(19)6-3-7-15(17)20/h2-9H,10H2,1H3,(H,21,23). The summed E-state index contributed by atoms with van der Waals surface area (Å²) in [6, 6.07) is 12.1. The molecule has 25 heavy (non-hydrogen) atoms. The van der Waals surface area contributed by atoms with Crippen LogP contribution in [0, 0.1) is 11.6 Å². The minimum atomic E-state index is -0.922. The topological polar surface area (TPSA) is 64.4 Å². The molecule has 1 aromatic heterocycles. The zero-order chi connectivity index (χ0) is 17.8. The van der Waals surface area contributed by atoms with Crippen LogP contribution in [-0.4, -0.2) is 18.2 Å². The molecule has 7 heteroatoms. The lowest BCUT2D eigenvalue weighted by molar-refractivity contribution is 0.0941. The number of hydrogen-bond acceptors (Lipinski definition) is 4. The van der Waals surface area contributed by atoms with Crippen molar-refractivity contribution < 1.29 is 22.8 Å². The number of aromatic nitrogens is 1. The monoisotopic (exact) mass is 344 g/mol. The van der Waals surface area contributed by atoms with Crippen molar-refractivity contribution in [2.75, 3.05) is 7.11 Å². The van der Waals surface area contributed by atoms with E-state index in [0.29, 0.717) is 17.2 Å². The number of rotatable bonds is 5. The molecule has 0 fully saturated rings. The van der Waals surface area contributed by atoms with Crippen LogP contribution in [-0.2, 0) is 6.54 Å². The Morgan fingerprint density at radius 3 is 2.60 bits per heavy atom. The first-order valence-electron chi connectivity index (χ1n) is 7.40. The molecule has 3 aromatic rings. The van der Waals surface area contributed by atoms with Gasteiger partial charge >= 0.3 is 0 Å². The van der Waals surface area contributed by atoms with E-state index in [2.05, 4.69) is 10.5 Å². The molecule has 3 rings (SSSR count). The minimum Gasteiger partial charge on any atom is -0.497 e. The van der Waals surface area contributed by atoms with Gasteiger partial charge < -0.3 is 14.6 Å². The number of hydrogen-bond donors (Lipinski definition) is 1. The summed E-state index contributed by atoms with van der Waals surface area (Å²) in [5.41, 5.74) is 0.548. The molecule has 1 heterocycles. The molecule has 0 aliphatic rings. The van der Waals surface area contributed by atoms with Crippen LogP contribution in [0.25, 0.3) is 11.3 Å². The molecule has 0 saturated carbocycles. The maximum atomic E-state index is 13.6. The van der Waals surface area contributed by atoms with Crippen LogP contribution in [0.15, 0.2) is 53.1 Å². The molecule has 2 aromatic carbocycles. The summed E-state index contributed by atoms with van der Waals surface area (Å²) in [5.74, 6) is -1.55. The van der Waals surface area contributed by atoms with Crippen molar-refractivity contribution in [1.82, 2.24) is 10.5 Å². The van der Waals surface area contributed by atoms with Gasteiger partial charge in [0.15, 0.2) is 5.76 Å². The Kier molecular flexibility index (Phi) is 4.74. The molecule has 1 amide bonds. The van der Waals surface area contributed by atoms with Gasteiger partial charge in [-0.3, -0.25) is 4.79 Å². The Hall–Kier alpha value is -3.22. The fourth-order valence-corrected chi connectivity index (χ4v) is 2.28. The van der Waals surface area contributed by atoms with Crippen molar-refractivity contribution in [3.8, 4) is 17.1 Å². The Balaban J connectivity index is 1.70. The number of halogens is 2. The van der Waals surface area contributed by atoms with E-state index in [0.717, 1.165) is 17.7 Å². The lowest BCUT2D eigenvalue weighted by Crippen LogP contribution is -2.25. The van der Waals surface area contributed by atoms with E-state index in [-0.39, 0.29) is 6.54 Å². The van der Waals surface area contributed by atoms with Gasteiger partial charge in [-0.25, -0.2) is 8.78 Å². The van der Waals surface area contributed by atoms with Crippen molar-refractivity contribution in [3.63, 3.8) is 0 Å². The second kappa shape index (κ2) is 7.12. The van der Waals surface area contributed by atoms with Crippen molar-refractivity contribution in [3.05, 3.63) is 71.4 Å². The van der Waals surface area contributed by atoms with Gasteiger partial charge in [0.25, 0.3) is 5.91 Å². The van der Waals surface area contributed by atoms with Crippen LogP contribution >= 0.6 is 0 Å². The quantitative estimate of drug-likeness (QED) is 0.769. The molecule has 0 aliphatic carbocycles. The molecule has 0 saturated heterocycles. The van der Waals surface area contributed by atoms with Crippen LogP contribution in [0.4, 0.5) is 8.78 Å². The fourth-order valence-electron chi connectivity index (χ4n) is 2.28. The maximum Gasteiger partial charge on any atom is 0.257 e. The second-order valence-electron chi connectivity index (χ2n) is 5.19. The third kappa shape index (κ3) is 3.65. The van der Waals surface area contributed by atoms with E-state index >= 15 is 0 Å². The van der Waals surface area contributed by atoms with Gasteiger partial charge in [-0.1, -0.05) is 23.4 Å². The van der Waals surface area contributed by atoms with Crippen molar-refractivity contribution in [2.45, 2.75) is 6.54 Å². The number of benzene rings is 2. The van der Waals surface area contributed by atoms with Gasteiger partial charge in [0.05, 0.1) is 13.7 Å². The SMILES string of the molecule is COc1cccc(-c2cc(CNC(=O)c3c(F)cccc3F)no2)c1. The maximum absolute atomic E-state index is 13.6. The smallest absolute Gasteiger partial charge is 0.257 e. The third-order valence-corrected chi connectivity index (χ3v) is 3.53. The highest BCUT2D eigenvalue weighted by Crippen LogP contribution is 2.24. The summed E-state index contributed by atoms with van der Waals surface area (Å²) >= 11 is 0. The van der Waals surface area contributed by atoms with Crippen LogP contribution in [0.5, 0.6) is 5.75 Å². The number of ether oxygens (including phenoxy) is 1. The largest absolute Gasteiger partial charge is 0.497 e. The number of carbonyl (C=O) groups excluding carboxylic acids is 1. The average molecular weight is 344 g/mol. The van der Waals surface area contributed by atoms with Gasteiger partial charge in [-0.15, -0.1) is 0 Å². The van der Waals surface area contributed by atoms with Gasteiger partial charge in [0.1, 0.15) is 28.6 Å². The molecule has 1 N–H and O–H groups in total. The first-order chi connectivity index (χ1) is 12.1. The predicted octanol–water partition coefficient (Wildman–Crippen LogP) is 3.56. The normalized spacial score (nSPS) is 10.5. The van der Waals surface area contributed by atoms with E-state index in [4.69, 9.17) is 9.26 Å². The molecule has 0 atom stereocenters. The van der Waals surface area contributed by atoms with Crippen LogP contribution in [0.3, 0.4) is 0 Å². The Morgan fingerprint density at radius 1 is 1.16 bits per heavy atom. The summed E-state index contributed by atoms with van der Waals surface area (Å²) < 4.78 is 37.5. The highest BCUT2D eigenvalue weighted by atomic mass is 19.1. The van der Waals surface area contributed by atoms with Crippen LogP contribution in [0.2, 0.25) is 0 Å². The number of amides is 1. The van der Waals surface area contributed by atoms with Gasteiger partial charge in [0.2, 0.25) is 0 Å². The first kappa shape index (κ1) is 16.6. The molecular formula is C18H14F2N2O3. The molecule has 0 bridgehead atoms. The van der Waals surface area contributed by atoms with Crippen molar-refractivity contribution in [1.29, 1.82) is 0 Å². The van der Waals surface area contributed by atoms with Crippen LogP contribution < -0.4 is 10.1 Å². The molecular weight excluding hydrogens is 330 g/mol. The Bertz CT molecular complexity index is 889. The molecule has 5 nitrogen and oxygen atoms in total. The van der Waals surface area contributed by atoms with Gasteiger partial charge in [0, 0.05) is 11.6 Å². The van der Waals surface area contributed by atoms with E-state index in [1.165, 1.54) is 6.07 Å². The highest BCUT2D eigenvalue weighted by Gasteiger charge is 2.17. The van der Waals surface area contributed by atoms with E-state index in [1.807, 2.05) is 6.07 Å². The molecule has 0 spiro atoms. The minimum absolute atomic E-state index is 0.0277. The lowest BCUT2D eigenvalue weighted by Gasteiger charge is -2.05. The molecule has 0 unspecified atom stereocenters. The molecule has 128 valence electrons. The van der Waals surface area contributed by atoms with E-state index < -0.39 is 23.1 Å². The zero-order valence-electron chi connectivity index (χ0n) is 13.3. The summed E-state index contributed by atoms with van der Waals surface area (Å²) in [7, 11) is 1.56. The first-order valence-corrected chi connectivity index (χ1v) is 7.40. The van der Waals surface area contributed by atoms with E-state index in [1.54, 1.807) is 31.4 Å². The number of carbonyl (C=O) groups is 1. The van der Waals surface area contributed by atoms with Gasteiger partial charge in [-0.05, 0) is 24.3 Å². The molecule has 0 aliphatic heterocycles. The summed E-state index contributed by atoms with van der Waals surface area (Å²) in [6.45, 7) is -0.0277. The average Bonchev–Trinajstić information content (AvgIpc) is 3.09. The van der Waals surface area contributed by atoms with Gasteiger partial charge in [-0.2, -0.15) is 0 Å². The highest BCUT2D eigenvalue weighted by molar-refractivity contribution is 5.94. The number of nitrogens with zero attached hydrogens (tertiary/aromatic N) is 1. The summed E-state index contributed by atoms with van der Waals surface area (Å²) in [5, 5.41) is 6.26. The van der Waals surface area contributed by atoms with Crippen LogP contribution in [0.1, 0.15) is 16.1 Å². The predicted molar refractivity (Wildman–Crippen MR) is 86.0 cm³/mol. The second-order valence-corrected chi connectivity index (χ2v) is 5.19. The lowest BCUT2D eigenvalue weighted by atomic mass is 10.1. The van der Waals surface area contributed by atoms with Crippen molar-refractivity contribution >= 4 is 5.91 Å². The fraction of sp³-hybridized carbons (Fsp3) is 0.111. The Labute approximate surface area is 142 Å². The zero-order valence-corrected chi connectivity index (χ0v) is 13.3. The summed E-state index contributed by atoms with van der Waals surface area (Å²) in [6.07, 6.45) is 0. The van der Waals surface area contributed by atoms with Crippen molar-refractivity contribution in [2.24, 2.45) is 0 Å².